The maximum Gasteiger partial charge on any atom is 0.347 e. The molecule has 0 bridgehead atoms. The van der Waals surface area contributed by atoms with Crippen LogP contribution >= 0.6 is 0 Å². The van der Waals surface area contributed by atoms with Crippen LogP contribution in [0.3, 0.4) is 0 Å². The van der Waals surface area contributed by atoms with Gasteiger partial charge in [0.1, 0.15) is 0 Å². The van der Waals surface area contributed by atoms with E-state index in [0.717, 1.165) is 0 Å². The second kappa shape index (κ2) is 5.56. The van der Waals surface area contributed by atoms with Crippen molar-refractivity contribution in [3.05, 3.63) is 35.9 Å². The fourth-order valence-corrected chi connectivity index (χ4v) is 2.03. The van der Waals surface area contributed by atoms with Crippen molar-refractivity contribution in [3.8, 4) is 11.3 Å². The summed E-state index contributed by atoms with van der Waals surface area (Å²) in [5, 5.41) is 2.58. The molecule has 3 N–H and O–H groups in total. The number of anilines is 1. The van der Waals surface area contributed by atoms with Gasteiger partial charge in [0, 0.05) is 12.5 Å². The highest BCUT2D eigenvalue weighted by Gasteiger charge is 2.33. The van der Waals surface area contributed by atoms with Gasteiger partial charge in [-0.1, -0.05) is 18.2 Å². The lowest BCUT2D eigenvalue weighted by atomic mass is 10.1. The number of nitrogens with one attached hydrogen (secondary N) is 1. The van der Waals surface area contributed by atoms with Gasteiger partial charge in [0.05, 0.1) is 6.61 Å². The Morgan fingerprint density at radius 3 is 2.65 bits per heavy atom. The molecule has 0 aromatic carbocycles. The number of aromatic nitrogens is 1. The van der Waals surface area contributed by atoms with Crippen molar-refractivity contribution in [2.24, 2.45) is 0 Å². The molecule has 104 valence electrons. The third-order valence-corrected chi connectivity index (χ3v) is 2.80. The molecule has 20 heavy (non-hydrogen) atoms. The number of carbonyl (C=O) groups excluding carboxylic acids is 2. The number of carbonyl (C=O) groups is 2. The van der Waals surface area contributed by atoms with Crippen molar-refractivity contribution in [2.75, 3.05) is 17.8 Å². The molecule has 1 aliphatic carbocycles. The number of rotatable bonds is 3. The highest BCUT2D eigenvalue weighted by Crippen LogP contribution is 2.29. The molecular weight excluding hydrogens is 258 g/mol. The normalized spacial score (nSPS) is 10.3. The van der Waals surface area contributed by atoms with E-state index in [1.165, 1.54) is 11.6 Å². The Balaban J connectivity index is 2.70. The molecule has 1 heterocycles. The van der Waals surface area contributed by atoms with Crippen LogP contribution in [-0.4, -0.2) is 18.5 Å². The third-order valence-electron chi connectivity index (χ3n) is 2.80. The zero-order chi connectivity index (χ0) is 14.7. The van der Waals surface area contributed by atoms with Gasteiger partial charge in [0.2, 0.25) is 0 Å². The zero-order valence-electron chi connectivity index (χ0n) is 11.3. The van der Waals surface area contributed by atoms with Crippen LogP contribution in [0.25, 0.3) is 11.3 Å². The summed E-state index contributed by atoms with van der Waals surface area (Å²) < 4.78 is 6.32. The summed E-state index contributed by atoms with van der Waals surface area (Å²) in [6.07, 6.45) is 0. The number of hydrogen-bond donors (Lipinski definition) is 2. The average Bonchev–Trinajstić information content (AvgIpc) is 2.57. The SMILES string of the molecule is CCOC(=O)c1c2cccccc-2[n+](N)c1NC(C)=O. The molecule has 0 spiro atoms. The minimum atomic E-state index is -0.517. The van der Waals surface area contributed by atoms with Crippen LogP contribution in [0.15, 0.2) is 30.3 Å². The standard InChI is InChI=1S/C14H15N3O3/c1-3-20-14(19)12-10-7-5-4-6-8-11(10)17(15)13(12)16-9(2)18/h4-8H,3,15H2,1-2H3/p+1. The Morgan fingerprint density at radius 1 is 1.30 bits per heavy atom. The molecule has 0 saturated carbocycles. The van der Waals surface area contributed by atoms with Crippen molar-refractivity contribution >= 4 is 17.7 Å². The van der Waals surface area contributed by atoms with E-state index in [2.05, 4.69) is 5.32 Å². The maximum absolute atomic E-state index is 12.1. The van der Waals surface area contributed by atoms with E-state index in [-0.39, 0.29) is 23.9 Å². The first-order valence-corrected chi connectivity index (χ1v) is 6.22. The van der Waals surface area contributed by atoms with Crippen molar-refractivity contribution in [1.82, 2.24) is 0 Å². The van der Waals surface area contributed by atoms with E-state index in [1.54, 1.807) is 31.2 Å². The summed E-state index contributed by atoms with van der Waals surface area (Å²) in [6.45, 7) is 3.32. The summed E-state index contributed by atoms with van der Waals surface area (Å²) >= 11 is 0. The van der Waals surface area contributed by atoms with Crippen molar-refractivity contribution in [2.45, 2.75) is 13.8 Å². The van der Waals surface area contributed by atoms with Gasteiger partial charge in [-0.2, -0.15) is 0 Å². The lowest BCUT2D eigenvalue weighted by molar-refractivity contribution is -0.609. The lowest BCUT2D eigenvalue weighted by Crippen LogP contribution is -2.47. The van der Waals surface area contributed by atoms with Crippen LogP contribution in [0.5, 0.6) is 0 Å². The fraction of sp³-hybridized carbons (Fsp3) is 0.214. The number of ether oxygens (including phenoxy) is 1. The molecule has 0 fully saturated rings. The summed E-state index contributed by atoms with van der Waals surface area (Å²) in [5.74, 6) is 5.38. The van der Waals surface area contributed by atoms with Crippen molar-refractivity contribution in [1.29, 1.82) is 0 Å². The fourth-order valence-electron chi connectivity index (χ4n) is 2.03. The van der Waals surface area contributed by atoms with Gasteiger partial charge in [-0.3, -0.25) is 5.84 Å². The Kier molecular flexibility index (Phi) is 3.84. The van der Waals surface area contributed by atoms with E-state index in [1.807, 2.05) is 6.07 Å². The molecule has 1 aliphatic heterocycles. The molecule has 1 amide bonds. The molecule has 6 nitrogen and oxygen atoms in total. The van der Waals surface area contributed by atoms with E-state index >= 15 is 0 Å². The van der Waals surface area contributed by atoms with E-state index < -0.39 is 5.97 Å². The van der Waals surface area contributed by atoms with Crippen LogP contribution < -0.4 is 15.8 Å². The summed E-state index contributed by atoms with van der Waals surface area (Å²) in [6, 6.07) is 8.95. The number of hydrogen-bond acceptors (Lipinski definition) is 4. The van der Waals surface area contributed by atoms with Crippen LogP contribution in [0.2, 0.25) is 0 Å². The number of nitrogens with two attached hydrogens (primary N) is 1. The van der Waals surface area contributed by atoms with Crippen LogP contribution in [0.1, 0.15) is 24.2 Å². The zero-order valence-corrected chi connectivity index (χ0v) is 11.3. The second-order valence-electron chi connectivity index (χ2n) is 4.20. The summed E-state index contributed by atoms with van der Waals surface area (Å²) in [7, 11) is 0. The monoisotopic (exact) mass is 274 g/mol. The molecule has 0 aromatic rings. The number of esters is 1. The van der Waals surface area contributed by atoms with E-state index in [4.69, 9.17) is 10.6 Å². The molecule has 2 rings (SSSR count). The number of fused-ring (bicyclic) bond motifs is 1. The minimum Gasteiger partial charge on any atom is -0.462 e. The van der Waals surface area contributed by atoms with Gasteiger partial charge in [-0.05, 0) is 19.1 Å². The first kappa shape index (κ1) is 13.8. The van der Waals surface area contributed by atoms with Gasteiger partial charge >= 0.3 is 17.7 Å². The van der Waals surface area contributed by atoms with Gasteiger partial charge in [-0.25, -0.2) is 14.9 Å². The summed E-state index contributed by atoms with van der Waals surface area (Å²) in [4.78, 5) is 23.4. The minimum absolute atomic E-state index is 0.233. The predicted octanol–water partition coefficient (Wildman–Crippen LogP) is 0.928. The molecule has 0 saturated heterocycles. The van der Waals surface area contributed by atoms with Crippen molar-refractivity contribution < 1.29 is 19.0 Å². The lowest BCUT2D eigenvalue weighted by Gasteiger charge is -2.00. The van der Waals surface area contributed by atoms with Crippen LogP contribution in [-0.2, 0) is 9.53 Å². The molecule has 0 aromatic heterocycles. The first-order valence-electron chi connectivity index (χ1n) is 6.22. The second-order valence-corrected chi connectivity index (χ2v) is 4.20. The third kappa shape index (κ3) is 2.40. The maximum atomic E-state index is 12.1. The molecular formula is C14H16N3O3+. The van der Waals surface area contributed by atoms with Crippen LogP contribution in [0, 0.1) is 0 Å². The Labute approximate surface area is 116 Å². The largest absolute Gasteiger partial charge is 0.462 e. The first-order chi connectivity index (χ1) is 9.56. The highest BCUT2D eigenvalue weighted by molar-refractivity contribution is 6.04. The number of amides is 1. The van der Waals surface area contributed by atoms with Crippen LogP contribution in [0.4, 0.5) is 5.82 Å². The average molecular weight is 274 g/mol. The molecule has 0 radical (unpaired) electrons. The van der Waals surface area contributed by atoms with Gasteiger partial charge in [0.25, 0.3) is 0 Å². The Hall–Kier alpha value is -2.63. The van der Waals surface area contributed by atoms with Crippen molar-refractivity contribution in [3.63, 3.8) is 0 Å². The smallest absolute Gasteiger partial charge is 0.347 e. The van der Waals surface area contributed by atoms with Gasteiger partial charge < -0.3 is 4.74 Å². The Morgan fingerprint density at radius 2 is 2.00 bits per heavy atom. The number of nitrogen functional groups attached to an aromatic ring is 1. The Bertz CT molecular complexity index is 640. The predicted molar refractivity (Wildman–Crippen MR) is 73.7 cm³/mol. The molecule has 0 atom stereocenters. The molecule has 0 unspecified atom stereocenters. The quantitative estimate of drug-likeness (QED) is 0.495. The van der Waals surface area contributed by atoms with Gasteiger partial charge in [-0.15, -0.1) is 4.68 Å². The van der Waals surface area contributed by atoms with E-state index in [9.17, 15) is 9.59 Å². The molecule has 2 aliphatic rings. The van der Waals surface area contributed by atoms with Gasteiger partial charge in [0.15, 0.2) is 11.3 Å². The topological polar surface area (TPSA) is 85.3 Å². The molecule has 6 heteroatoms. The summed E-state index contributed by atoms with van der Waals surface area (Å²) in [5.41, 5.74) is 1.51. The highest BCUT2D eigenvalue weighted by atomic mass is 16.5. The van der Waals surface area contributed by atoms with E-state index in [0.29, 0.717) is 11.3 Å². The number of nitrogens with zero attached hydrogens (tertiary/aromatic N) is 1.